The van der Waals surface area contributed by atoms with Gasteiger partial charge in [0.2, 0.25) is 5.79 Å². The van der Waals surface area contributed by atoms with Gasteiger partial charge in [0.15, 0.2) is 5.79 Å². The molecule has 4 rings (SSSR count). The maximum Gasteiger partial charge on any atom is 0.201 e. The zero-order valence-corrected chi connectivity index (χ0v) is 11.0. The monoisotopic (exact) mass is 262 g/mol. The highest BCUT2D eigenvalue weighted by Gasteiger charge is 2.63. The van der Waals surface area contributed by atoms with Crippen molar-refractivity contribution in [2.24, 2.45) is 0 Å². The number of fused-ring (bicyclic) bond motifs is 1. The lowest BCUT2D eigenvalue weighted by atomic mass is 9.95. The van der Waals surface area contributed by atoms with Gasteiger partial charge in [0.1, 0.15) is 12.2 Å². The molecule has 3 saturated heterocycles. The molecule has 0 aliphatic carbocycles. The molecule has 4 heteroatoms. The Labute approximate surface area is 112 Å². The highest BCUT2D eigenvalue weighted by molar-refractivity contribution is 5.21. The van der Waals surface area contributed by atoms with E-state index in [1.54, 1.807) is 0 Å². The number of hydrogen-bond acceptors (Lipinski definition) is 4. The molecular formula is C15H18O4. The standard InChI is InChI=1S/C15H18O4/c1-14-7-8-15(19-14)13(16-9-10-17-15)12(18-14)11-5-3-2-4-6-11/h2-6,12-13H,7-10H2,1H3. The van der Waals surface area contributed by atoms with Gasteiger partial charge < -0.3 is 18.9 Å². The van der Waals surface area contributed by atoms with Crippen LogP contribution >= 0.6 is 0 Å². The predicted molar refractivity (Wildman–Crippen MR) is 67.4 cm³/mol. The van der Waals surface area contributed by atoms with Crippen molar-refractivity contribution < 1.29 is 18.9 Å². The first-order valence-corrected chi connectivity index (χ1v) is 6.89. The van der Waals surface area contributed by atoms with Gasteiger partial charge in [-0.05, 0) is 12.5 Å². The van der Waals surface area contributed by atoms with Crippen molar-refractivity contribution in [1.29, 1.82) is 0 Å². The lowest BCUT2D eigenvalue weighted by Gasteiger charge is -2.49. The van der Waals surface area contributed by atoms with Crippen molar-refractivity contribution in [3.8, 4) is 0 Å². The van der Waals surface area contributed by atoms with Crippen LogP contribution in [-0.2, 0) is 18.9 Å². The number of benzene rings is 1. The van der Waals surface area contributed by atoms with Crippen LogP contribution in [-0.4, -0.2) is 30.9 Å². The first-order chi connectivity index (χ1) is 9.21. The molecule has 4 nitrogen and oxygen atoms in total. The highest BCUT2D eigenvalue weighted by atomic mass is 16.8. The maximum absolute atomic E-state index is 6.19. The third-order valence-electron chi connectivity index (χ3n) is 4.26. The Morgan fingerprint density at radius 3 is 2.79 bits per heavy atom. The average molecular weight is 262 g/mol. The summed E-state index contributed by atoms with van der Waals surface area (Å²) < 4.78 is 24.1. The van der Waals surface area contributed by atoms with Crippen LogP contribution in [0.3, 0.4) is 0 Å². The molecule has 0 N–H and O–H groups in total. The molecular weight excluding hydrogens is 244 g/mol. The second kappa shape index (κ2) is 4.03. The minimum absolute atomic E-state index is 0.122. The summed E-state index contributed by atoms with van der Waals surface area (Å²) in [6, 6.07) is 10.2. The summed E-state index contributed by atoms with van der Waals surface area (Å²) in [6.07, 6.45) is 1.37. The van der Waals surface area contributed by atoms with Crippen LogP contribution in [0.25, 0.3) is 0 Å². The fourth-order valence-electron chi connectivity index (χ4n) is 3.39. The molecule has 1 aromatic carbocycles. The summed E-state index contributed by atoms with van der Waals surface area (Å²) >= 11 is 0. The van der Waals surface area contributed by atoms with Gasteiger partial charge in [-0.15, -0.1) is 0 Å². The van der Waals surface area contributed by atoms with E-state index in [-0.39, 0.29) is 12.2 Å². The van der Waals surface area contributed by atoms with Crippen LogP contribution in [0.2, 0.25) is 0 Å². The van der Waals surface area contributed by atoms with Gasteiger partial charge in [0.05, 0.1) is 13.2 Å². The van der Waals surface area contributed by atoms with E-state index < -0.39 is 11.6 Å². The molecule has 0 saturated carbocycles. The number of hydrogen-bond donors (Lipinski definition) is 0. The SMILES string of the molecule is CC12CCC3(OCCOC3C(c3ccccc3)O1)O2. The Morgan fingerprint density at radius 2 is 1.95 bits per heavy atom. The first-order valence-electron chi connectivity index (χ1n) is 6.89. The fraction of sp³-hybridized carbons (Fsp3) is 0.600. The van der Waals surface area contributed by atoms with E-state index in [0.29, 0.717) is 13.2 Å². The Hall–Kier alpha value is -0.940. The Morgan fingerprint density at radius 1 is 1.11 bits per heavy atom. The van der Waals surface area contributed by atoms with Crippen molar-refractivity contribution in [2.75, 3.05) is 13.2 Å². The van der Waals surface area contributed by atoms with Crippen LogP contribution in [0.4, 0.5) is 0 Å². The zero-order chi connectivity index (χ0) is 12.9. The molecule has 2 bridgehead atoms. The van der Waals surface area contributed by atoms with Crippen molar-refractivity contribution >= 4 is 0 Å². The maximum atomic E-state index is 6.19. The van der Waals surface area contributed by atoms with Crippen molar-refractivity contribution in [2.45, 2.75) is 43.5 Å². The van der Waals surface area contributed by atoms with Gasteiger partial charge in [-0.25, -0.2) is 0 Å². The predicted octanol–water partition coefficient (Wildman–Crippen LogP) is 2.40. The van der Waals surface area contributed by atoms with Crippen molar-refractivity contribution in [3.63, 3.8) is 0 Å². The van der Waals surface area contributed by atoms with Gasteiger partial charge in [-0.2, -0.15) is 0 Å². The topological polar surface area (TPSA) is 36.9 Å². The second-order valence-electron chi connectivity index (χ2n) is 5.64. The molecule has 3 aliphatic heterocycles. The van der Waals surface area contributed by atoms with Crippen LogP contribution in [0.15, 0.2) is 30.3 Å². The van der Waals surface area contributed by atoms with Crippen LogP contribution in [0.1, 0.15) is 31.4 Å². The quantitative estimate of drug-likeness (QED) is 0.778. The van der Waals surface area contributed by atoms with Crippen molar-refractivity contribution in [1.82, 2.24) is 0 Å². The van der Waals surface area contributed by atoms with Crippen molar-refractivity contribution in [3.05, 3.63) is 35.9 Å². The summed E-state index contributed by atoms with van der Waals surface area (Å²) in [5.41, 5.74) is 1.12. The van der Waals surface area contributed by atoms with E-state index in [9.17, 15) is 0 Å². The third kappa shape index (κ3) is 1.75. The van der Waals surface area contributed by atoms with Gasteiger partial charge in [0, 0.05) is 12.8 Å². The van der Waals surface area contributed by atoms with Crippen LogP contribution in [0, 0.1) is 0 Å². The third-order valence-corrected chi connectivity index (χ3v) is 4.26. The second-order valence-corrected chi connectivity index (χ2v) is 5.64. The molecule has 3 heterocycles. The Kier molecular flexibility index (Phi) is 2.51. The smallest absolute Gasteiger partial charge is 0.201 e. The van der Waals surface area contributed by atoms with Gasteiger partial charge >= 0.3 is 0 Å². The van der Waals surface area contributed by atoms with E-state index >= 15 is 0 Å². The Bertz CT molecular complexity index is 476. The lowest BCUT2D eigenvalue weighted by molar-refractivity contribution is -0.429. The van der Waals surface area contributed by atoms with E-state index in [1.807, 2.05) is 25.1 Å². The zero-order valence-electron chi connectivity index (χ0n) is 11.0. The van der Waals surface area contributed by atoms with Gasteiger partial charge in [-0.1, -0.05) is 30.3 Å². The fourth-order valence-corrected chi connectivity index (χ4v) is 3.39. The summed E-state index contributed by atoms with van der Waals surface area (Å²) in [5.74, 6) is -1.18. The highest BCUT2D eigenvalue weighted by Crippen LogP contribution is 2.53. The molecule has 4 atom stereocenters. The molecule has 3 fully saturated rings. The molecule has 19 heavy (non-hydrogen) atoms. The Balaban J connectivity index is 1.75. The molecule has 0 radical (unpaired) electrons. The molecule has 0 aromatic heterocycles. The molecule has 4 unspecified atom stereocenters. The largest absolute Gasteiger partial charge is 0.367 e. The number of ether oxygens (including phenoxy) is 4. The summed E-state index contributed by atoms with van der Waals surface area (Å²) in [5, 5.41) is 0. The van der Waals surface area contributed by atoms with E-state index in [1.165, 1.54) is 0 Å². The molecule has 0 amide bonds. The van der Waals surface area contributed by atoms with Crippen LogP contribution < -0.4 is 0 Å². The van der Waals surface area contributed by atoms with E-state index in [0.717, 1.165) is 18.4 Å². The lowest BCUT2D eigenvalue weighted by Crippen LogP contribution is -2.59. The van der Waals surface area contributed by atoms with Gasteiger partial charge in [-0.3, -0.25) is 0 Å². The molecule has 1 spiro atoms. The van der Waals surface area contributed by atoms with E-state index in [2.05, 4.69) is 12.1 Å². The minimum Gasteiger partial charge on any atom is -0.367 e. The summed E-state index contributed by atoms with van der Waals surface area (Å²) in [6.45, 7) is 3.18. The first kappa shape index (κ1) is 11.9. The summed E-state index contributed by atoms with van der Waals surface area (Å²) in [7, 11) is 0. The summed E-state index contributed by atoms with van der Waals surface area (Å²) in [4.78, 5) is 0. The molecule has 102 valence electrons. The molecule has 3 aliphatic rings. The molecule has 1 aromatic rings. The average Bonchev–Trinajstić information content (AvgIpc) is 2.70. The van der Waals surface area contributed by atoms with Gasteiger partial charge in [0.25, 0.3) is 0 Å². The van der Waals surface area contributed by atoms with Crippen LogP contribution in [0.5, 0.6) is 0 Å². The minimum atomic E-state index is -0.619. The number of rotatable bonds is 1. The normalized spacial score (nSPS) is 44.9. The van der Waals surface area contributed by atoms with E-state index in [4.69, 9.17) is 18.9 Å².